The van der Waals surface area contributed by atoms with Crippen molar-refractivity contribution in [2.45, 2.75) is 24.2 Å². The smallest absolute Gasteiger partial charge is 0.178 e. The van der Waals surface area contributed by atoms with Gasteiger partial charge in [-0.2, -0.15) is 0 Å². The molecule has 0 atom stereocenters. The molecule has 5 heteroatoms. The summed E-state index contributed by atoms with van der Waals surface area (Å²) < 4.78 is 29.6. The maximum absolute atomic E-state index is 12.3. The fourth-order valence-corrected chi connectivity index (χ4v) is 3.87. The summed E-state index contributed by atoms with van der Waals surface area (Å²) in [7, 11) is -1.65. The summed E-state index contributed by atoms with van der Waals surface area (Å²) in [6.45, 7) is 2.01. The SMILES string of the molecule is COc1cccc(S(=O)(=O)CCC2CCNCC2)c1. The molecule has 0 aromatic heterocycles. The van der Waals surface area contributed by atoms with Crippen LogP contribution < -0.4 is 10.1 Å². The van der Waals surface area contributed by atoms with Crippen molar-refractivity contribution in [3.8, 4) is 5.75 Å². The molecule has 1 heterocycles. The first-order valence-corrected chi connectivity index (χ1v) is 8.34. The summed E-state index contributed by atoms with van der Waals surface area (Å²) in [6.07, 6.45) is 2.91. The summed E-state index contributed by atoms with van der Waals surface area (Å²) in [5.41, 5.74) is 0. The van der Waals surface area contributed by atoms with Crippen LogP contribution in [0.25, 0.3) is 0 Å². The Labute approximate surface area is 115 Å². The Kier molecular flexibility index (Phi) is 4.82. The van der Waals surface area contributed by atoms with Gasteiger partial charge in [0.05, 0.1) is 17.8 Å². The van der Waals surface area contributed by atoms with Gasteiger partial charge in [-0.15, -0.1) is 0 Å². The maximum Gasteiger partial charge on any atom is 0.178 e. The number of sulfone groups is 1. The molecule has 1 aliphatic rings. The number of rotatable bonds is 5. The van der Waals surface area contributed by atoms with Gasteiger partial charge in [-0.3, -0.25) is 0 Å². The molecular formula is C14H21NO3S. The molecule has 0 spiro atoms. The molecule has 1 aromatic rings. The number of hydrogen-bond donors (Lipinski definition) is 1. The van der Waals surface area contributed by atoms with E-state index >= 15 is 0 Å². The predicted molar refractivity (Wildman–Crippen MR) is 75.3 cm³/mol. The highest BCUT2D eigenvalue weighted by Gasteiger charge is 2.19. The van der Waals surface area contributed by atoms with E-state index in [0.29, 0.717) is 16.6 Å². The second-order valence-electron chi connectivity index (χ2n) is 4.98. The van der Waals surface area contributed by atoms with Crippen molar-refractivity contribution >= 4 is 9.84 Å². The fraction of sp³-hybridized carbons (Fsp3) is 0.571. The van der Waals surface area contributed by atoms with Crippen LogP contribution in [0.4, 0.5) is 0 Å². The van der Waals surface area contributed by atoms with Crippen molar-refractivity contribution in [1.29, 1.82) is 0 Å². The van der Waals surface area contributed by atoms with Crippen LogP contribution in [0.3, 0.4) is 0 Å². The molecule has 0 radical (unpaired) electrons. The van der Waals surface area contributed by atoms with Crippen molar-refractivity contribution in [3.05, 3.63) is 24.3 Å². The molecular weight excluding hydrogens is 262 g/mol. The zero-order valence-corrected chi connectivity index (χ0v) is 12.1. The van der Waals surface area contributed by atoms with Gasteiger partial charge in [-0.05, 0) is 56.5 Å². The summed E-state index contributed by atoms with van der Waals surface area (Å²) in [5.74, 6) is 1.34. The summed E-state index contributed by atoms with van der Waals surface area (Å²) in [5, 5.41) is 3.29. The Bertz CT molecular complexity index is 507. The molecule has 0 unspecified atom stereocenters. The Hall–Kier alpha value is -1.07. The standard InChI is InChI=1S/C14H21NO3S/c1-18-13-3-2-4-14(11-13)19(16,17)10-7-12-5-8-15-9-6-12/h2-4,11-12,15H,5-10H2,1H3. The highest BCUT2D eigenvalue weighted by Crippen LogP contribution is 2.22. The molecule has 19 heavy (non-hydrogen) atoms. The van der Waals surface area contributed by atoms with E-state index in [2.05, 4.69) is 5.32 Å². The van der Waals surface area contributed by atoms with Gasteiger partial charge in [-0.1, -0.05) is 6.07 Å². The highest BCUT2D eigenvalue weighted by molar-refractivity contribution is 7.91. The van der Waals surface area contributed by atoms with Crippen LogP contribution in [0.1, 0.15) is 19.3 Å². The third-order valence-corrected chi connectivity index (χ3v) is 5.40. The molecule has 1 aromatic carbocycles. The molecule has 1 N–H and O–H groups in total. The van der Waals surface area contributed by atoms with E-state index in [4.69, 9.17) is 4.74 Å². The molecule has 0 aliphatic carbocycles. The van der Waals surface area contributed by atoms with Gasteiger partial charge in [0, 0.05) is 0 Å². The lowest BCUT2D eigenvalue weighted by Gasteiger charge is -2.22. The van der Waals surface area contributed by atoms with Crippen molar-refractivity contribution < 1.29 is 13.2 Å². The molecule has 1 aliphatic heterocycles. The Morgan fingerprint density at radius 1 is 1.32 bits per heavy atom. The average Bonchev–Trinajstić information content (AvgIpc) is 2.46. The van der Waals surface area contributed by atoms with Crippen LogP contribution in [0.2, 0.25) is 0 Å². The first-order valence-electron chi connectivity index (χ1n) is 6.69. The number of benzene rings is 1. The topological polar surface area (TPSA) is 55.4 Å². The fourth-order valence-electron chi connectivity index (χ4n) is 2.40. The van der Waals surface area contributed by atoms with E-state index in [9.17, 15) is 8.42 Å². The average molecular weight is 283 g/mol. The number of ether oxygens (including phenoxy) is 1. The summed E-state index contributed by atoms with van der Waals surface area (Å²) >= 11 is 0. The number of hydrogen-bond acceptors (Lipinski definition) is 4. The van der Waals surface area contributed by atoms with E-state index in [1.54, 1.807) is 31.4 Å². The highest BCUT2D eigenvalue weighted by atomic mass is 32.2. The minimum absolute atomic E-state index is 0.227. The van der Waals surface area contributed by atoms with Gasteiger partial charge < -0.3 is 10.1 Å². The van der Waals surface area contributed by atoms with Gasteiger partial charge in [0.2, 0.25) is 0 Å². The van der Waals surface area contributed by atoms with E-state index in [0.717, 1.165) is 32.4 Å². The number of piperidine rings is 1. The third-order valence-electron chi connectivity index (χ3n) is 3.65. The van der Waals surface area contributed by atoms with E-state index < -0.39 is 9.84 Å². The van der Waals surface area contributed by atoms with Gasteiger partial charge in [-0.25, -0.2) is 8.42 Å². The zero-order chi connectivity index (χ0) is 13.7. The van der Waals surface area contributed by atoms with Crippen LogP contribution in [-0.4, -0.2) is 34.4 Å². The maximum atomic E-state index is 12.3. The first kappa shape index (κ1) is 14.3. The van der Waals surface area contributed by atoms with Crippen molar-refractivity contribution in [3.63, 3.8) is 0 Å². The Morgan fingerprint density at radius 2 is 2.05 bits per heavy atom. The number of nitrogens with one attached hydrogen (secondary N) is 1. The first-order chi connectivity index (χ1) is 9.12. The lowest BCUT2D eigenvalue weighted by molar-refractivity contribution is 0.365. The third kappa shape index (κ3) is 3.94. The van der Waals surface area contributed by atoms with Crippen LogP contribution in [0.5, 0.6) is 5.75 Å². The normalized spacial score (nSPS) is 17.3. The quantitative estimate of drug-likeness (QED) is 0.896. The Morgan fingerprint density at radius 3 is 2.74 bits per heavy atom. The minimum Gasteiger partial charge on any atom is -0.497 e. The van der Waals surface area contributed by atoms with E-state index in [1.807, 2.05) is 0 Å². The van der Waals surface area contributed by atoms with Gasteiger partial charge in [0.15, 0.2) is 9.84 Å². The largest absolute Gasteiger partial charge is 0.497 e. The second kappa shape index (κ2) is 6.39. The van der Waals surface area contributed by atoms with E-state index in [1.165, 1.54) is 0 Å². The Balaban J connectivity index is 2.00. The van der Waals surface area contributed by atoms with Crippen LogP contribution in [0, 0.1) is 5.92 Å². The molecule has 1 saturated heterocycles. The predicted octanol–water partition coefficient (Wildman–Crippen LogP) is 1.86. The van der Waals surface area contributed by atoms with Gasteiger partial charge in [0.1, 0.15) is 5.75 Å². The summed E-state index contributed by atoms with van der Waals surface area (Å²) in [4.78, 5) is 0.362. The lowest BCUT2D eigenvalue weighted by Crippen LogP contribution is -2.28. The van der Waals surface area contributed by atoms with Gasteiger partial charge >= 0.3 is 0 Å². The van der Waals surface area contributed by atoms with E-state index in [-0.39, 0.29) is 5.75 Å². The van der Waals surface area contributed by atoms with Crippen LogP contribution in [0.15, 0.2) is 29.2 Å². The molecule has 106 valence electrons. The second-order valence-corrected chi connectivity index (χ2v) is 7.09. The summed E-state index contributed by atoms with van der Waals surface area (Å²) in [6, 6.07) is 6.71. The zero-order valence-electron chi connectivity index (χ0n) is 11.3. The van der Waals surface area contributed by atoms with Crippen molar-refractivity contribution in [2.24, 2.45) is 5.92 Å². The molecule has 0 saturated carbocycles. The molecule has 0 amide bonds. The van der Waals surface area contributed by atoms with Crippen molar-refractivity contribution in [1.82, 2.24) is 5.32 Å². The van der Waals surface area contributed by atoms with Crippen LogP contribution >= 0.6 is 0 Å². The van der Waals surface area contributed by atoms with Crippen molar-refractivity contribution in [2.75, 3.05) is 26.0 Å². The van der Waals surface area contributed by atoms with Gasteiger partial charge in [0.25, 0.3) is 0 Å². The minimum atomic E-state index is -3.19. The van der Waals surface area contributed by atoms with Crippen LogP contribution in [-0.2, 0) is 9.84 Å². The molecule has 1 fully saturated rings. The number of methoxy groups -OCH3 is 1. The molecule has 4 nitrogen and oxygen atoms in total. The lowest BCUT2D eigenvalue weighted by atomic mass is 9.96. The molecule has 2 rings (SSSR count). The monoisotopic (exact) mass is 283 g/mol. The molecule has 0 bridgehead atoms.